The van der Waals surface area contributed by atoms with Gasteiger partial charge in [-0.05, 0) is 36.8 Å². The molecule has 2 aromatic carbocycles. The zero-order valence-electron chi connectivity index (χ0n) is 16.3. The van der Waals surface area contributed by atoms with E-state index in [1.165, 1.54) is 0 Å². The van der Waals surface area contributed by atoms with E-state index in [1.807, 2.05) is 30.3 Å². The first-order chi connectivity index (χ1) is 13.6. The molecule has 0 aliphatic carbocycles. The molecule has 6 heteroatoms. The van der Waals surface area contributed by atoms with Crippen molar-refractivity contribution in [2.24, 2.45) is 0 Å². The molecule has 0 spiro atoms. The summed E-state index contributed by atoms with van der Waals surface area (Å²) in [7, 11) is 1.59. The monoisotopic (exact) mass is 382 g/mol. The largest absolute Gasteiger partial charge is 0.497 e. The van der Waals surface area contributed by atoms with Crippen LogP contribution in [0.25, 0.3) is 0 Å². The molecule has 1 aliphatic rings. The van der Waals surface area contributed by atoms with Gasteiger partial charge >= 0.3 is 0 Å². The molecule has 1 fully saturated rings. The van der Waals surface area contributed by atoms with Gasteiger partial charge in [-0.25, -0.2) is 0 Å². The summed E-state index contributed by atoms with van der Waals surface area (Å²) in [6.45, 7) is 4.24. The smallest absolute Gasteiger partial charge is 0.253 e. The number of carbonyl (C=O) groups is 2. The van der Waals surface area contributed by atoms with E-state index in [0.29, 0.717) is 38.3 Å². The number of hydrogen-bond donors (Lipinski definition) is 0. The lowest BCUT2D eigenvalue weighted by Gasteiger charge is -2.36. The van der Waals surface area contributed by atoms with Crippen LogP contribution in [-0.2, 0) is 16.1 Å². The van der Waals surface area contributed by atoms with Crippen LogP contribution in [0.5, 0.6) is 5.75 Å². The number of methoxy groups -OCH3 is 1. The van der Waals surface area contributed by atoms with Crippen LogP contribution in [0.15, 0.2) is 54.6 Å². The van der Waals surface area contributed by atoms with Crippen LogP contribution in [-0.4, -0.2) is 61.0 Å². The molecule has 0 saturated carbocycles. The van der Waals surface area contributed by atoms with Gasteiger partial charge in [0.15, 0.2) is 0 Å². The van der Waals surface area contributed by atoms with Gasteiger partial charge in [-0.1, -0.05) is 30.3 Å². The van der Waals surface area contributed by atoms with Crippen LogP contribution < -0.4 is 4.74 Å². The molecule has 2 aromatic rings. The summed E-state index contributed by atoms with van der Waals surface area (Å²) in [6.07, 6.45) is -0.510. The molecule has 1 heterocycles. The normalized spacial score (nSPS) is 15.2. The first-order valence-corrected chi connectivity index (χ1v) is 9.46. The van der Waals surface area contributed by atoms with Gasteiger partial charge in [-0.2, -0.15) is 0 Å². The van der Waals surface area contributed by atoms with E-state index >= 15 is 0 Å². The number of carbonyl (C=O) groups excluding carboxylic acids is 2. The van der Waals surface area contributed by atoms with Crippen molar-refractivity contribution in [1.29, 1.82) is 0 Å². The predicted molar refractivity (Wildman–Crippen MR) is 106 cm³/mol. The van der Waals surface area contributed by atoms with Crippen molar-refractivity contribution in [3.05, 3.63) is 65.7 Å². The molecule has 3 rings (SSSR count). The Kier molecular flexibility index (Phi) is 6.66. The minimum atomic E-state index is -0.510. The number of piperazine rings is 1. The molecule has 148 valence electrons. The van der Waals surface area contributed by atoms with Crippen LogP contribution >= 0.6 is 0 Å². The van der Waals surface area contributed by atoms with Crippen LogP contribution in [0.1, 0.15) is 22.8 Å². The van der Waals surface area contributed by atoms with Crippen molar-refractivity contribution >= 4 is 11.8 Å². The van der Waals surface area contributed by atoms with Gasteiger partial charge < -0.3 is 19.3 Å². The molecule has 6 nitrogen and oxygen atoms in total. The Morgan fingerprint density at radius 2 is 1.54 bits per heavy atom. The highest BCUT2D eigenvalue weighted by Crippen LogP contribution is 2.15. The average Bonchev–Trinajstić information content (AvgIpc) is 2.77. The van der Waals surface area contributed by atoms with E-state index in [2.05, 4.69) is 0 Å². The predicted octanol–water partition coefficient (Wildman–Crippen LogP) is 2.58. The number of rotatable bonds is 6. The Morgan fingerprint density at radius 3 is 2.14 bits per heavy atom. The molecule has 0 N–H and O–H groups in total. The fourth-order valence-corrected chi connectivity index (χ4v) is 3.17. The molecular weight excluding hydrogens is 356 g/mol. The van der Waals surface area contributed by atoms with Gasteiger partial charge in [0.1, 0.15) is 11.9 Å². The van der Waals surface area contributed by atoms with Crippen molar-refractivity contribution < 1.29 is 19.1 Å². The summed E-state index contributed by atoms with van der Waals surface area (Å²) >= 11 is 0. The third-order valence-corrected chi connectivity index (χ3v) is 4.91. The van der Waals surface area contributed by atoms with E-state index in [1.54, 1.807) is 48.1 Å². The second-order valence-corrected chi connectivity index (χ2v) is 6.78. The molecule has 28 heavy (non-hydrogen) atoms. The fourth-order valence-electron chi connectivity index (χ4n) is 3.17. The van der Waals surface area contributed by atoms with E-state index in [9.17, 15) is 9.59 Å². The fraction of sp³-hybridized carbons (Fsp3) is 0.364. The second-order valence-electron chi connectivity index (χ2n) is 6.78. The zero-order chi connectivity index (χ0) is 19.9. The third kappa shape index (κ3) is 4.89. The molecule has 1 unspecified atom stereocenters. The van der Waals surface area contributed by atoms with Gasteiger partial charge in [0.2, 0.25) is 0 Å². The molecule has 0 aromatic heterocycles. The quantitative estimate of drug-likeness (QED) is 0.771. The van der Waals surface area contributed by atoms with Crippen LogP contribution in [0.4, 0.5) is 0 Å². The number of ether oxygens (including phenoxy) is 2. The summed E-state index contributed by atoms with van der Waals surface area (Å²) in [6, 6.07) is 16.9. The van der Waals surface area contributed by atoms with Gasteiger partial charge in [0.25, 0.3) is 11.8 Å². The van der Waals surface area contributed by atoms with Gasteiger partial charge in [-0.15, -0.1) is 0 Å². The zero-order valence-corrected chi connectivity index (χ0v) is 16.3. The van der Waals surface area contributed by atoms with Crippen molar-refractivity contribution in [2.75, 3.05) is 33.3 Å². The highest BCUT2D eigenvalue weighted by atomic mass is 16.5. The van der Waals surface area contributed by atoms with Gasteiger partial charge in [-0.3, -0.25) is 9.59 Å². The maximum absolute atomic E-state index is 12.6. The lowest BCUT2D eigenvalue weighted by molar-refractivity contribution is -0.144. The topological polar surface area (TPSA) is 59.1 Å². The highest BCUT2D eigenvalue weighted by molar-refractivity contribution is 5.94. The Morgan fingerprint density at radius 1 is 0.929 bits per heavy atom. The van der Waals surface area contributed by atoms with Crippen LogP contribution in [0.3, 0.4) is 0 Å². The summed E-state index contributed by atoms with van der Waals surface area (Å²) in [4.78, 5) is 28.8. The lowest BCUT2D eigenvalue weighted by atomic mass is 10.1. The maximum Gasteiger partial charge on any atom is 0.253 e. The summed E-state index contributed by atoms with van der Waals surface area (Å²) in [5.74, 6) is 0.659. The molecule has 1 saturated heterocycles. The number of nitrogens with zero attached hydrogens (tertiary/aromatic N) is 2. The standard InChI is InChI=1S/C22H26N2O4/c1-17(28-16-18-6-4-3-5-7-18)21(25)23-12-14-24(15-13-23)22(26)19-8-10-20(27-2)11-9-19/h3-11,17H,12-16H2,1-2H3. The summed E-state index contributed by atoms with van der Waals surface area (Å²) in [5, 5.41) is 0. The maximum atomic E-state index is 12.6. The van der Waals surface area contributed by atoms with Crippen molar-refractivity contribution in [3.8, 4) is 5.75 Å². The Bertz CT molecular complexity index is 784. The van der Waals surface area contributed by atoms with Crippen molar-refractivity contribution in [3.63, 3.8) is 0 Å². The number of hydrogen-bond acceptors (Lipinski definition) is 4. The van der Waals surface area contributed by atoms with Crippen molar-refractivity contribution in [1.82, 2.24) is 9.80 Å². The molecular formula is C22H26N2O4. The minimum Gasteiger partial charge on any atom is -0.497 e. The molecule has 0 radical (unpaired) electrons. The van der Waals surface area contributed by atoms with E-state index in [4.69, 9.17) is 9.47 Å². The molecule has 0 bridgehead atoms. The van der Waals surface area contributed by atoms with E-state index in [0.717, 1.165) is 11.3 Å². The van der Waals surface area contributed by atoms with Crippen LogP contribution in [0, 0.1) is 0 Å². The van der Waals surface area contributed by atoms with Crippen molar-refractivity contribution in [2.45, 2.75) is 19.6 Å². The van der Waals surface area contributed by atoms with E-state index in [-0.39, 0.29) is 11.8 Å². The Balaban J connectivity index is 1.48. The first-order valence-electron chi connectivity index (χ1n) is 9.46. The minimum absolute atomic E-state index is 0.0249. The van der Waals surface area contributed by atoms with Gasteiger partial charge in [0.05, 0.1) is 13.7 Å². The van der Waals surface area contributed by atoms with E-state index < -0.39 is 6.10 Å². The lowest BCUT2D eigenvalue weighted by Crippen LogP contribution is -2.52. The number of benzene rings is 2. The molecule has 1 atom stereocenters. The van der Waals surface area contributed by atoms with Crippen LogP contribution in [0.2, 0.25) is 0 Å². The number of amides is 2. The third-order valence-electron chi connectivity index (χ3n) is 4.91. The van der Waals surface area contributed by atoms with Gasteiger partial charge in [0, 0.05) is 31.7 Å². The summed E-state index contributed by atoms with van der Waals surface area (Å²) in [5.41, 5.74) is 1.66. The highest BCUT2D eigenvalue weighted by Gasteiger charge is 2.27. The first kappa shape index (κ1) is 19.9. The summed E-state index contributed by atoms with van der Waals surface area (Å²) < 4.78 is 10.8. The molecule has 2 amide bonds. The molecule has 1 aliphatic heterocycles. The second kappa shape index (κ2) is 9.37. The Hall–Kier alpha value is -2.86. The Labute approximate surface area is 165 Å². The average molecular weight is 382 g/mol. The SMILES string of the molecule is COc1ccc(C(=O)N2CCN(C(=O)C(C)OCc3ccccc3)CC2)cc1.